The molecule has 0 saturated heterocycles. The summed E-state index contributed by atoms with van der Waals surface area (Å²) in [6.45, 7) is 6.57. The smallest absolute Gasteiger partial charge is 0.306 e. The lowest BCUT2D eigenvalue weighted by atomic mass is 10.0. The van der Waals surface area contributed by atoms with Crippen molar-refractivity contribution in [2.75, 3.05) is 13.2 Å². The van der Waals surface area contributed by atoms with Crippen LogP contribution in [0.1, 0.15) is 271 Å². The Morgan fingerprint density at radius 3 is 0.968 bits per heavy atom. The number of unbranched alkanes of at least 4 members (excludes halogenated alkanes) is 29. The number of ether oxygens (including phenoxy) is 3. The van der Waals surface area contributed by atoms with Gasteiger partial charge in [-0.15, -0.1) is 0 Å². The summed E-state index contributed by atoms with van der Waals surface area (Å²) in [5, 5.41) is 0. The fourth-order valence-corrected chi connectivity index (χ4v) is 7.49. The highest BCUT2D eigenvalue weighted by Crippen LogP contribution is 2.15. The molecule has 0 saturated carbocycles. The van der Waals surface area contributed by atoms with Gasteiger partial charge in [-0.25, -0.2) is 0 Å². The van der Waals surface area contributed by atoms with Crippen LogP contribution in [0, 0.1) is 0 Å². The Bertz CT molecular complexity index is 1090. The molecule has 0 fully saturated rings. The zero-order valence-electron chi connectivity index (χ0n) is 41.1. The minimum Gasteiger partial charge on any atom is -0.462 e. The summed E-state index contributed by atoms with van der Waals surface area (Å²) in [4.78, 5) is 38.0. The summed E-state index contributed by atoms with van der Waals surface area (Å²) in [6, 6.07) is 0. The summed E-state index contributed by atoms with van der Waals surface area (Å²) in [5.41, 5.74) is 0. The van der Waals surface area contributed by atoms with Crippen molar-refractivity contribution in [3.05, 3.63) is 48.6 Å². The summed E-state index contributed by atoms with van der Waals surface area (Å²) in [6.07, 6.45) is 60.9. The number of carbonyl (C=O) groups excluding carboxylic acids is 3. The molecule has 360 valence electrons. The highest BCUT2D eigenvalue weighted by Gasteiger charge is 2.19. The van der Waals surface area contributed by atoms with Crippen LogP contribution in [0.5, 0.6) is 0 Å². The first kappa shape index (κ1) is 59.4. The van der Waals surface area contributed by atoms with Crippen molar-refractivity contribution in [1.82, 2.24) is 0 Å². The Morgan fingerprint density at radius 1 is 0.323 bits per heavy atom. The standard InChI is InChI=1S/C56H100O6/c1-4-7-10-13-16-19-22-25-27-28-29-32-34-37-40-43-46-49-55(58)61-52-53(51-60-54(57)48-45-42-39-36-33-30-24-21-18-15-12-9-6-3)62-56(59)50-47-44-41-38-35-31-26-23-20-17-14-11-8-5-2/h14,16-17,19,23,25-27,53H,4-13,15,18,20-22,24,28-52H2,1-3H3/b17-14-,19-16-,26-23-,27-25-. The predicted octanol–water partition coefficient (Wildman–Crippen LogP) is 17.5. The van der Waals surface area contributed by atoms with Crippen molar-refractivity contribution < 1.29 is 28.6 Å². The molecule has 0 aromatic carbocycles. The van der Waals surface area contributed by atoms with Crippen LogP contribution in [0.25, 0.3) is 0 Å². The van der Waals surface area contributed by atoms with Crippen LogP contribution in [-0.2, 0) is 28.6 Å². The molecule has 0 bridgehead atoms. The molecule has 0 heterocycles. The monoisotopic (exact) mass is 869 g/mol. The average molecular weight is 869 g/mol. The van der Waals surface area contributed by atoms with Gasteiger partial charge in [-0.3, -0.25) is 14.4 Å². The molecule has 6 nitrogen and oxygen atoms in total. The van der Waals surface area contributed by atoms with E-state index in [2.05, 4.69) is 69.4 Å². The molecule has 0 aliphatic heterocycles. The van der Waals surface area contributed by atoms with Gasteiger partial charge >= 0.3 is 17.9 Å². The number of rotatable bonds is 48. The van der Waals surface area contributed by atoms with Gasteiger partial charge in [0, 0.05) is 19.3 Å². The topological polar surface area (TPSA) is 78.9 Å². The third kappa shape index (κ3) is 48.4. The van der Waals surface area contributed by atoms with Gasteiger partial charge in [-0.2, -0.15) is 0 Å². The second-order valence-electron chi connectivity index (χ2n) is 17.8. The lowest BCUT2D eigenvalue weighted by molar-refractivity contribution is -0.167. The Hall–Kier alpha value is -2.63. The van der Waals surface area contributed by atoms with Gasteiger partial charge in [0.25, 0.3) is 0 Å². The third-order valence-electron chi connectivity index (χ3n) is 11.6. The lowest BCUT2D eigenvalue weighted by Gasteiger charge is -2.18. The van der Waals surface area contributed by atoms with Gasteiger partial charge in [0.05, 0.1) is 0 Å². The SMILES string of the molecule is CCCC/C=C\C/C=C\CCCCCCCC(=O)OC(COC(=O)CCCCCCCCC/C=C\C/C=C\CCCCC)COC(=O)CCCCCCCCCCCCCCC. The van der Waals surface area contributed by atoms with Gasteiger partial charge < -0.3 is 14.2 Å². The molecule has 0 aliphatic rings. The Balaban J connectivity index is 4.38. The molecular formula is C56H100O6. The van der Waals surface area contributed by atoms with Crippen molar-refractivity contribution >= 4 is 17.9 Å². The minimum absolute atomic E-state index is 0.0791. The Kier molecular flexibility index (Phi) is 48.8. The molecule has 0 aromatic heterocycles. The average Bonchev–Trinajstić information content (AvgIpc) is 3.27. The first-order valence-electron chi connectivity index (χ1n) is 26.6. The van der Waals surface area contributed by atoms with E-state index in [0.717, 1.165) is 96.3 Å². The number of esters is 3. The second-order valence-corrected chi connectivity index (χ2v) is 17.8. The molecule has 0 spiro atoms. The summed E-state index contributed by atoms with van der Waals surface area (Å²) >= 11 is 0. The van der Waals surface area contributed by atoms with Crippen LogP contribution in [0.4, 0.5) is 0 Å². The zero-order chi connectivity index (χ0) is 45.1. The van der Waals surface area contributed by atoms with Crippen LogP contribution in [0.2, 0.25) is 0 Å². The molecular weight excluding hydrogens is 769 g/mol. The van der Waals surface area contributed by atoms with Gasteiger partial charge in [0.2, 0.25) is 0 Å². The van der Waals surface area contributed by atoms with Crippen LogP contribution < -0.4 is 0 Å². The second kappa shape index (κ2) is 51.0. The Labute approximate surface area is 384 Å². The minimum atomic E-state index is -0.780. The van der Waals surface area contributed by atoms with Crippen LogP contribution in [0.3, 0.4) is 0 Å². The lowest BCUT2D eigenvalue weighted by Crippen LogP contribution is -2.30. The molecule has 0 rings (SSSR count). The van der Waals surface area contributed by atoms with Gasteiger partial charge in [-0.05, 0) is 77.0 Å². The van der Waals surface area contributed by atoms with E-state index in [1.165, 1.54) is 135 Å². The molecule has 0 aliphatic carbocycles. The molecule has 62 heavy (non-hydrogen) atoms. The van der Waals surface area contributed by atoms with Crippen molar-refractivity contribution in [2.24, 2.45) is 0 Å². The third-order valence-corrected chi connectivity index (χ3v) is 11.6. The molecule has 0 amide bonds. The van der Waals surface area contributed by atoms with E-state index in [9.17, 15) is 14.4 Å². The molecule has 0 N–H and O–H groups in total. The number of hydrogen-bond acceptors (Lipinski definition) is 6. The van der Waals surface area contributed by atoms with Gasteiger partial charge in [0.15, 0.2) is 6.10 Å². The van der Waals surface area contributed by atoms with E-state index >= 15 is 0 Å². The normalized spacial score (nSPS) is 12.4. The summed E-state index contributed by atoms with van der Waals surface area (Å²) in [5.74, 6) is -0.892. The molecule has 1 unspecified atom stereocenters. The fraction of sp³-hybridized carbons (Fsp3) is 0.804. The highest BCUT2D eigenvalue weighted by atomic mass is 16.6. The summed E-state index contributed by atoms with van der Waals surface area (Å²) in [7, 11) is 0. The zero-order valence-corrected chi connectivity index (χ0v) is 41.1. The van der Waals surface area contributed by atoms with E-state index in [1.807, 2.05) is 0 Å². The largest absolute Gasteiger partial charge is 0.462 e. The van der Waals surface area contributed by atoms with Crippen molar-refractivity contribution in [3.8, 4) is 0 Å². The summed E-state index contributed by atoms with van der Waals surface area (Å²) < 4.78 is 16.8. The highest BCUT2D eigenvalue weighted by molar-refractivity contribution is 5.71. The molecule has 1 atom stereocenters. The first-order valence-corrected chi connectivity index (χ1v) is 26.6. The van der Waals surface area contributed by atoms with Crippen LogP contribution in [-0.4, -0.2) is 37.2 Å². The van der Waals surface area contributed by atoms with Crippen molar-refractivity contribution in [2.45, 2.75) is 277 Å². The van der Waals surface area contributed by atoms with E-state index < -0.39 is 6.10 Å². The fourth-order valence-electron chi connectivity index (χ4n) is 7.49. The maximum absolute atomic E-state index is 12.8. The van der Waals surface area contributed by atoms with Crippen molar-refractivity contribution in [1.29, 1.82) is 0 Å². The number of carbonyl (C=O) groups is 3. The molecule has 0 aromatic rings. The number of hydrogen-bond donors (Lipinski definition) is 0. The maximum Gasteiger partial charge on any atom is 0.306 e. The van der Waals surface area contributed by atoms with E-state index in [0.29, 0.717) is 19.3 Å². The van der Waals surface area contributed by atoms with Crippen molar-refractivity contribution in [3.63, 3.8) is 0 Å². The van der Waals surface area contributed by atoms with E-state index in [1.54, 1.807) is 0 Å². The van der Waals surface area contributed by atoms with Crippen LogP contribution >= 0.6 is 0 Å². The maximum atomic E-state index is 12.8. The van der Waals surface area contributed by atoms with E-state index in [-0.39, 0.29) is 31.1 Å². The molecule has 6 heteroatoms. The quantitative estimate of drug-likeness (QED) is 0.0262. The van der Waals surface area contributed by atoms with Gasteiger partial charge in [-0.1, -0.05) is 223 Å². The van der Waals surface area contributed by atoms with Gasteiger partial charge in [0.1, 0.15) is 13.2 Å². The number of allylic oxidation sites excluding steroid dienone is 8. The predicted molar refractivity (Wildman–Crippen MR) is 265 cm³/mol. The van der Waals surface area contributed by atoms with Crippen LogP contribution in [0.15, 0.2) is 48.6 Å². The first-order chi connectivity index (χ1) is 30.5. The molecule has 0 radical (unpaired) electrons. The Morgan fingerprint density at radius 2 is 0.597 bits per heavy atom. The van der Waals surface area contributed by atoms with E-state index in [4.69, 9.17) is 14.2 Å².